The largest absolute Gasteiger partial charge is 0.478 e. The summed E-state index contributed by atoms with van der Waals surface area (Å²) >= 11 is 1.67. The first-order chi connectivity index (χ1) is 10.1. The van der Waals surface area contributed by atoms with Crippen molar-refractivity contribution in [2.24, 2.45) is 0 Å². The smallest absolute Gasteiger partial charge is 0.335 e. The van der Waals surface area contributed by atoms with Crippen molar-refractivity contribution in [2.45, 2.75) is 12.8 Å². The maximum absolute atomic E-state index is 12.2. The zero-order valence-electron chi connectivity index (χ0n) is 11.8. The molecule has 1 N–H and O–H groups in total. The van der Waals surface area contributed by atoms with Crippen LogP contribution in [0.2, 0.25) is 0 Å². The summed E-state index contributed by atoms with van der Waals surface area (Å²) in [5.41, 5.74) is 0.746. The Hall–Kier alpha value is -2.14. The molecule has 0 bridgehead atoms. The van der Waals surface area contributed by atoms with Crippen molar-refractivity contribution in [1.82, 2.24) is 4.90 Å². The van der Waals surface area contributed by atoms with E-state index in [-0.39, 0.29) is 17.9 Å². The van der Waals surface area contributed by atoms with Gasteiger partial charge in [0.25, 0.3) is 0 Å². The molecule has 110 valence electrons. The number of thiophene rings is 1. The van der Waals surface area contributed by atoms with Gasteiger partial charge in [0.2, 0.25) is 5.91 Å². The molecule has 0 saturated carbocycles. The topological polar surface area (TPSA) is 57.6 Å². The molecule has 0 aliphatic heterocycles. The third-order valence-electron chi connectivity index (χ3n) is 3.29. The van der Waals surface area contributed by atoms with Gasteiger partial charge in [0, 0.05) is 18.5 Å². The minimum atomic E-state index is -1.00. The molecular weight excluding hydrogens is 286 g/mol. The number of likely N-dealkylation sites (N-methyl/N-ethyl adjacent to an activating group) is 1. The van der Waals surface area contributed by atoms with E-state index in [0.717, 1.165) is 6.42 Å². The molecule has 21 heavy (non-hydrogen) atoms. The van der Waals surface area contributed by atoms with E-state index in [1.165, 1.54) is 10.9 Å². The number of rotatable bonds is 6. The van der Waals surface area contributed by atoms with Crippen molar-refractivity contribution >= 4 is 23.2 Å². The van der Waals surface area contributed by atoms with Gasteiger partial charge in [-0.25, -0.2) is 4.79 Å². The molecule has 2 aromatic rings. The summed E-state index contributed by atoms with van der Waals surface area (Å²) < 4.78 is 0. The fourth-order valence-electron chi connectivity index (χ4n) is 2.04. The minimum absolute atomic E-state index is 0.0692. The second-order valence-corrected chi connectivity index (χ2v) is 5.82. The standard InChI is InChI=1S/C16H17NO3S/c1-17(9-8-13-6-4-10-21-13)15(18)11-12-5-2-3-7-14(12)16(19)20/h2-7,10H,8-9,11H2,1H3,(H,19,20). The van der Waals surface area contributed by atoms with Crippen molar-refractivity contribution in [3.05, 3.63) is 57.8 Å². The van der Waals surface area contributed by atoms with Gasteiger partial charge >= 0.3 is 5.97 Å². The summed E-state index contributed by atoms with van der Waals surface area (Å²) in [6.07, 6.45) is 0.934. The quantitative estimate of drug-likeness (QED) is 0.892. The molecule has 0 aliphatic rings. The summed E-state index contributed by atoms with van der Waals surface area (Å²) in [6.45, 7) is 0.634. The molecule has 0 unspecified atom stereocenters. The zero-order chi connectivity index (χ0) is 15.2. The Bertz CT molecular complexity index is 622. The van der Waals surface area contributed by atoms with Gasteiger partial charge in [-0.3, -0.25) is 4.79 Å². The molecule has 1 amide bonds. The Kier molecular flexibility index (Phi) is 5.11. The summed E-state index contributed by atoms with van der Waals surface area (Å²) in [4.78, 5) is 26.2. The monoisotopic (exact) mass is 303 g/mol. The number of benzene rings is 1. The average Bonchev–Trinajstić information content (AvgIpc) is 2.98. The van der Waals surface area contributed by atoms with Gasteiger partial charge in [-0.1, -0.05) is 24.3 Å². The van der Waals surface area contributed by atoms with Crippen LogP contribution in [0.15, 0.2) is 41.8 Å². The van der Waals surface area contributed by atoms with E-state index in [4.69, 9.17) is 5.11 Å². The number of carboxylic acid groups (broad SMARTS) is 1. The summed E-state index contributed by atoms with van der Waals surface area (Å²) in [5.74, 6) is -1.07. The van der Waals surface area contributed by atoms with Gasteiger partial charge in [-0.2, -0.15) is 0 Å². The number of hydrogen-bond donors (Lipinski definition) is 1. The van der Waals surface area contributed by atoms with Crippen LogP contribution in [0.4, 0.5) is 0 Å². The fourth-order valence-corrected chi connectivity index (χ4v) is 2.74. The fraction of sp³-hybridized carbons (Fsp3) is 0.250. The van der Waals surface area contributed by atoms with Crippen molar-refractivity contribution < 1.29 is 14.7 Å². The van der Waals surface area contributed by atoms with Gasteiger partial charge in [0.15, 0.2) is 0 Å². The second kappa shape index (κ2) is 7.04. The summed E-state index contributed by atoms with van der Waals surface area (Å²) in [5, 5.41) is 11.1. The maximum atomic E-state index is 12.2. The Morgan fingerprint density at radius 2 is 1.95 bits per heavy atom. The van der Waals surface area contributed by atoms with Gasteiger partial charge in [-0.15, -0.1) is 11.3 Å². The molecule has 5 heteroatoms. The van der Waals surface area contributed by atoms with E-state index in [9.17, 15) is 9.59 Å². The van der Waals surface area contributed by atoms with Crippen LogP contribution in [0.25, 0.3) is 0 Å². The molecule has 0 radical (unpaired) electrons. The molecule has 1 aromatic carbocycles. The molecule has 1 heterocycles. The number of carboxylic acids is 1. The zero-order valence-corrected chi connectivity index (χ0v) is 12.6. The van der Waals surface area contributed by atoms with Crippen LogP contribution in [0.3, 0.4) is 0 Å². The van der Waals surface area contributed by atoms with Gasteiger partial charge in [0.05, 0.1) is 12.0 Å². The lowest BCUT2D eigenvalue weighted by atomic mass is 10.0. The third-order valence-corrected chi connectivity index (χ3v) is 4.23. The number of aromatic carboxylic acids is 1. The van der Waals surface area contributed by atoms with Crippen LogP contribution < -0.4 is 0 Å². The lowest BCUT2D eigenvalue weighted by Crippen LogP contribution is -2.30. The lowest BCUT2D eigenvalue weighted by Gasteiger charge is -2.17. The van der Waals surface area contributed by atoms with Gasteiger partial charge in [-0.05, 0) is 29.5 Å². The normalized spacial score (nSPS) is 10.3. The number of amides is 1. The third kappa shape index (κ3) is 4.16. The van der Waals surface area contributed by atoms with Crippen molar-refractivity contribution in [1.29, 1.82) is 0 Å². The van der Waals surface area contributed by atoms with Crippen LogP contribution in [-0.4, -0.2) is 35.5 Å². The first-order valence-corrected chi connectivity index (χ1v) is 7.53. The molecule has 2 rings (SSSR count). The predicted molar refractivity (Wildman–Crippen MR) is 82.8 cm³/mol. The molecule has 4 nitrogen and oxygen atoms in total. The van der Waals surface area contributed by atoms with E-state index in [1.807, 2.05) is 17.5 Å². The van der Waals surface area contributed by atoms with Gasteiger partial charge in [0.1, 0.15) is 0 Å². The van der Waals surface area contributed by atoms with E-state index >= 15 is 0 Å². The van der Waals surface area contributed by atoms with E-state index < -0.39 is 5.97 Å². The van der Waals surface area contributed by atoms with Crippen molar-refractivity contribution in [3.8, 4) is 0 Å². The molecule has 0 fully saturated rings. The molecule has 0 spiro atoms. The minimum Gasteiger partial charge on any atom is -0.478 e. The highest BCUT2D eigenvalue weighted by Crippen LogP contribution is 2.12. The Morgan fingerprint density at radius 3 is 2.62 bits per heavy atom. The van der Waals surface area contributed by atoms with Gasteiger partial charge < -0.3 is 10.0 Å². The predicted octanol–water partition coefficient (Wildman–Crippen LogP) is 2.69. The number of carbonyl (C=O) groups is 2. The average molecular weight is 303 g/mol. The highest BCUT2D eigenvalue weighted by atomic mass is 32.1. The Balaban J connectivity index is 1.96. The molecule has 0 aliphatic carbocycles. The molecule has 0 atom stereocenters. The van der Waals surface area contributed by atoms with Crippen LogP contribution in [0.1, 0.15) is 20.8 Å². The number of nitrogens with zero attached hydrogens (tertiary/aromatic N) is 1. The first kappa shape index (κ1) is 15.3. The summed E-state index contributed by atoms with van der Waals surface area (Å²) in [7, 11) is 1.75. The molecule has 0 saturated heterocycles. The van der Waals surface area contributed by atoms with E-state index in [1.54, 1.807) is 41.5 Å². The Labute approximate surface area is 127 Å². The SMILES string of the molecule is CN(CCc1cccs1)C(=O)Cc1ccccc1C(=O)O. The van der Waals surface area contributed by atoms with Crippen LogP contribution in [0, 0.1) is 0 Å². The number of carbonyl (C=O) groups excluding carboxylic acids is 1. The Morgan fingerprint density at radius 1 is 1.19 bits per heavy atom. The second-order valence-electron chi connectivity index (χ2n) is 4.78. The van der Waals surface area contributed by atoms with Crippen LogP contribution in [-0.2, 0) is 17.6 Å². The molecular formula is C16H17NO3S. The maximum Gasteiger partial charge on any atom is 0.335 e. The van der Waals surface area contributed by atoms with Crippen LogP contribution in [0.5, 0.6) is 0 Å². The highest BCUT2D eigenvalue weighted by molar-refractivity contribution is 7.09. The van der Waals surface area contributed by atoms with E-state index in [2.05, 4.69) is 0 Å². The summed E-state index contributed by atoms with van der Waals surface area (Å²) in [6, 6.07) is 10.7. The first-order valence-electron chi connectivity index (χ1n) is 6.65. The highest BCUT2D eigenvalue weighted by Gasteiger charge is 2.15. The van der Waals surface area contributed by atoms with Crippen molar-refractivity contribution in [2.75, 3.05) is 13.6 Å². The van der Waals surface area contributed by atoms with Crippen LogP contribution >= 0.6 is 11.3 Å². The number of hydrogen-bond acceptors (Lipinski definition) is 3. The van der Waals surface area contributed by atoms with Crippen molar-refractivity contribution in [3.63, 3.8) is 0 Å². The lowest BCUT2D eigenvalue weighted by molar-refractivity contribution is -0.129. The molecule has 1 aromatic heterocycles. The van der Waals surface area contributed by atoms with E-state index in [0.29, 0.717) is 12.1 Å².